The highest BCUT2D eigenvalue weighted by Crippen LogP contribution is 2.39. The van der Waals surface area contributed by atoms with Crippen molar-refractivity contribution in [1.82, 2.24) is 4.57 Å². The predicted molar refractivity (Wildman–Crippen MR) is 177 cm³/mol. The number of nitrogens with zero attached hydrogens (tertiary/aromatic N) is 2. The molecular weight excluding hydrogens is 508 g/mol. The molecule has 1 aliphatic rings. The second kappa shape index (κ2) is 9.71. The van der Waals surface area contributed by atoms with Crippen molar-refractivity contribution in [3.05, 3.63) is 156 Å². The second-order valence-corrected chi connectivity index (χ2v) is 11.4. The minimum atomic E-state index is 0.833. The van der Waals surface area contributed by atoms with E-state index in [4.69, 9.17) is 4.99 Å². The maximum atomic E-state index is 5.19. The summed E-state index contributed by atoms with van der Waals surface area (Å²) in [7, 11) is 0. The average Bonchev–Trinajstić information content (AvgIpc) is 3.36. The molecule has 0 atom stereocenters. The summed E-state index contributed by atoms with van der Waals surface area (Å²) in [5.74, 6) is 0. The molecule has 2 nitrogen and oxygen atoms in total. The monoisotopic (exact) mass is 538 g/mol. The number of aryl methyl sites for hydroxylation is 2. The molecule has 0 saturated heterocycles. The molecule has 0 amide bonds. The largest absolute Gasteiger partial charge is 0.309 e. The molecule has 0 unspecified atom stereocenters. The first-order chi connectivity index (χ1) is 20.6. The quantitative estimate of drug-likeness (QED) is 0.213. The maximum Gasteiger partial charge on any atom is 0.0662 e. The molecule has 0 radical (unpaired) electrons. The van der Waals surface area contributed by atoms with Gasteiger partial charge < -0.3 is 4.57 Å². The van der Waals surface area contributed by atoms with Crippen molar-refractivity contribution in [3.63, 3.8) is 0 Å². The number of hydrogen-bond donors (Lipinski definition) is 0. The zero-order valence-corrected chi connectivity index (χ0v) is 23.8. The van der Waals surface area contributed by atoms with Gasteiger partial charge in [0.15, 0.2) is 0 Å². The van der Waals surface area contributed by atoms with Gasteiger partial charge in [-0.1, -0.05) is 97.1 Å². The minimum Gasteiger partial charge on any atom is -0.309 e. The first-order valence-electron chi connectivity index (χ1n) is 14.6. The summed E-state index contributed by atoms with van der Waals surface area (Å²) in [6.45, 7) is 4.33. The molecule has 0 aliphatic heterocycles. The Labute approximate surface area is 246 Å². The van der Waals surface area contributed by atoms with E-state index in [2.05, 4.69) is 152 Å². The fourth-order valence-electron chi connectivity index (χ4n) is 6.60. The third-order valence-electron chi connectivity index (χ3n) is 8.60. The molecule has 200 valence electrons. The van der Waals surface area contributed by atoms with Crippen LogP contribution in [0.4, 0.5) is 5.69 Å². The van der Waals surface area contributed by atoms with Crippen LogP contribution in [0.2, 0.25) is 0 Å². The van der Waals surface area contributed by atoms with Crippen LogP contribution in [0.3, 0.4) is 0 Å². The number of fused-ring (bicyclic) bond motifs is 6. The van der Waals surface area contributed by atoms with E-state index in [-0.39, 0.29) is 0 Å². The molecule has 6 aromatic carbocycles. The van der Waals surface area contributed by atoms with Gasteiger partial charge in [-0.05, 0) is 89.2 Å². The van der Waals surface area contributed by atoms with Crippen molar-refractivity contribution in [2.24, 2.45) is 4.99 Å². The second-order valence-electron chi connectivity index (χ2n) is 11.4. The normalized spacial score (nSPS) is 13.4. The number of aromatic nitrogens is 1. The van der Waals surface area contributed by atoms with Gasteiger partial charge in [0.25, 0.3) is 0 Å². The van der Waals surface area contributed by atoms with E-state index in [0.717, 1.165) is 17.8 Å². The zero-order valence-electron chi connectivity index (χ0n) is 23.8. The van der Waals surface area contributed by atoms with Crippen LogP contribution < -0.4 is 0 Å². The predicted octanol–water partition coefficient (Wildman–Crippen LogP) is 10.4. The SMILES string of the molecule is Cc1cc(-c2ccc3c(c2)-c2ccccc2CC3=Nc2ccccc2C)cc(-n2c3ccccc3c3ccccc32)c1. The Hall–Kier alpha value is -5.21. The van der Waals surface area contributed by atoms with Crippen LogP contribution in [-0.4, -0.2) is 10.3 Å². The molecule has 0 fully saturated rings. The Balaban J connectivity index is 1.31. The molecule has 7 aromatic rings. The first kappa shape index (κ1) is 24.6. The van der Waals surface area contributed by atoms with Gasteiger partial charge >= 0.3 is 0 Å². The molecule has 0 N–H and O–H groups in total. The van der Waals surface area contributed by atoms with Crippen molar-refractivity contribution in [2.45, 2.75) is 20.3 Å². The summed E-state index contributed by atoms with van der Waals surface area (Å²) in [6, 6.07) is 48.4. The number of rotatable bonds is 3. The Morgan fingerprint density at radius 1 is 0.548 bits per heavy atom. The highest BCUT2D eigenvalue weighted by molar-refractivity contribution is 6.12. The highest BCUT2D eigenvalue weighted by atomic mass is 15.0. The Morgan fingerprint density at radius 2 is 1.24 bits per heavy atom. The molecule has 1 heterocycles. The molecule has 8 rings (SSSR count). The van der Waals surface area contributed by atoms with E-state index >= 15 is 0 Å². The van der Waals surface area contributed by atoms with Gasteiger partial charge in [0, 0.05) is 28.4 Å². The number of para-hydroxylation sites is 3. The summed E-state index contributed by atoms with van der Waals surface area (Å²) in [5.41, 5.74) is 15.8. The fraction of sp³-hybridized carbons (Fsp3) is 0.0750. The summed E-state index contributed by atoms with van der Waals surface area (Å²) in [6.07, 6.45) is 0.833. The van der Waals surface area contributed by atoms with Crippen molar-refractivity contribution in [3.8, 4) is 27.9 Å². The fourth-order valence-corrected chi connectivity index (χ4v) is 6.60. The first-order valence-corrected chi connectivity index (χ1v) is 14.6. The van der Waals surface area contributed by atoms with Crippen molar-refractivity contribution in [2.75, 3.05) is 0 Å². The summed E-state index contributed by atoms with van der Waals surface area (Å²) < 4.78 is 2.40. The average molecular weight is 539 g/mol. The molecular formula is C40H30N2. The summed E-state index contributed by atoms with van der Waals surface area (Å²) >= 11 is 0. The molecule has 2 heteroatoms. The number of aliphatic imine (C=N–C) groups is 1. The van der Waals surface area contributed by atoms with E-state index in [1.54, 1.807) is 0 Å². The Bertz CT molecular complexity index is 2140. The lowest BCUT2D eigenvalue weighted by atomic mass is 9.82. The molecule has 0 saturated carbocycles. The standard InChI is InChI=1S/C40H30N2/c1-26-21-30(23-31(22-26)42-39-17-9-6-14-34(39)35-15-7-10-18-40(35)42)28-19-20-33-36(24-28)32-13-5-4-12-29(32)25-38(33)41-37-16-8-3-11-27(37)2/h3-24H,25H2,1-2H3. The van der Waals surface area contributed by atoms with Gasteiger partial charge in [0.1, 0.15) is 0 Å². The molecule has 1 aromatic heterocycles. The number of benzene rings is 6. The van der Waals surface area contributed by atoms with Gasteiger partial charge in [-0.15, -0.1) is 0 Å². The highest BCUT2D eigenvalue weighted by Gasteiger charge is 2.22. The van der Waals surface area contributed by atoms with Gasteiger partial charge in [0.05, 0.1) is 22.4 Å². The van der Waals surface area contributed by atoms with Crippen molar-refractivity contribution in [1.29, 1.82) is 0 Å². The lowest BCUT2D eigenvalue weighted by Crippen LogP contribution is -2.13. The van der Waals surface area contributed by atoms with Crippen molar-refractivity contribution >= 4 is 33.2 Å². The van der Waals surface area contributed by atoms with E-state index < -0.39 is 0 Å². The Morgan fingerprint density at radius 3 is 2.02 bits per heavy atom. The van der Waals surface area contributed by atoms with Crippen LogP contribution in [0.5, 0.6) is 0 Å². The lowest BCUT2D eigenvalue weighted by Gasteiger charge is -2.23. The summed E-state index contributed by atoms with van der Waals surface area (Å²) in [5, 5.41) is 2.56. The molecule has 42 heavy (non-hydrogen) atoms. The molecule has 0 spiro atoms. The van der Waals surface area contributed by atoms with Crippen LogP contribution in [0.15, 0.2) is 138 Å². The van der Waals surface area contributed by atoms with Gasteiger partial charge in [0.2, 0.25) is 0 Å². The van der Waals surface area contributed by atoms with Gasteiger partial charge in [-0.3, -0.25) is 4.99 Å². The minimum absolute atomic E-state index is 0.833. The zero-order chi connectivity index (χ0) is 28.2. The molecule has 1 aliphatic carbocycles. The number of hydrogen-bond acceptors (Lipinski definition) is 1. The molecule has 0 bridgehead atoms. The van der Waals surface area contributed by atoms with E-state index in [1.165, 1.54) is 72.0 Å². The smallest absolute Gasteiger partial charge is 0.0662 e. The third-order valence-corrected chi connectivity index (χ3v) is 8.60. The van der Waals surface area contributed by atoms with Gasteiger partial charge in [-0.25, -0.2) is 0 Å². The van der Waals surface area contributed by atoms with E-state index in [1.807, 2.05) is 0 Å². The van der Waals surface area contributed by atoms with E-state index in [9.17, 15) is 0 Å². The maximum absolute atomic E-state index is 5.19. The van der Waals surface area contributed by atoms with Crippen LogP contribution in [0.1, 0.15) is 22.3 Å². The van der Waals surface area contributed by atoms with E-state index in [0.29, 0.717) is 0 Å². The van der Waals surface area contributed by atoms with Crippen LogP contribution in [-0.2, 0) is 6.42 Å². The lowest BCUT2D eigenvalue weighted by molar-refractivity contribution is 1.17. The van der Waals surface area contributed by atoms with Crippen molar-refractivity contribution < 1.29 is 0 Å². The summed E-state index contributed by atoms with van der Waals surface area (Å²) in [4.78, 5) is 5.19. The topological polar surface area (TPSA) is 17.3 Å². The van der Waals surface area contributed by atoms with Crippen LogP contribution in [0.25, 0.3) is 49.7 Å². The Kier molecular flexibility index (Phi) is 5.68. The third kappa shape index (κ3) is 3.99. The van der Waals surface area contributed by atoms with Crippen LogP contribution >= 0.6 is 0 Å². The van der Waals surface area contributed by atoms with Gasteiger partial charge in [-0.2, -0.15) is 0 Å². The van der Waals surface area contributed by atoms with Crippen LogP contribution in [0, 0.1) is 13.8 Å².